The zero-order valence-electron chi connectivity index (χ0n) is 24.0. The van der Waals surface area contributed by atoms with Crippen molar-refractivity contribution >= 4 is 51.9 Å². The summed E-state index contributed by atoms with van der Waals surface area (Å²) in [5.74, 6) is -1.53. The molecule has 0 bridgehead atoms. The minimum Gasteiger partial charge on any atom is -0.494 e. The molecule has 1 unspecified atom stereocenters. The molecule has 1 heterocycles. The van der Waals surface area contributed by atoms with Gasteiger partial charge in [-0.25, -0.2) is 4.99 Å². The number of aliphatic imine (C=N–C) groups is 1. The van der Waals surface area contributed by atoms with Gasteiger partial charge >= 0.3 is 0 Å². The highest BCUT2D eigenvalue weighted by Gasteiger charge is 2.57. The predicted molar refractivity (Wildman–Crippen MR) is 168 cm³/mol. The second-order valence-electron chi connectivity index (χ2n) is 10.8. The number of alkyl halides is 2. The van der Waals surface area contributed by atoms with E-state index in [1.54, 1.807) is 17.0 Å². The SMILES string of the molecule is CCOc1ccc(N=C2SC(CC(=O)Nc3ccc(SC(F)F)cc3)C(=O)N2[C@@H]2C[C@H](Oc3ccccc3)C2(C)C)cc1. The lowest BCUT2D eigenvalue weighted by molar-refractivity contribution is -0.141. The van der Waals surface area contributed by atoms with Crippen LogP contribution in [0.2, 0.25) is 0 Å². The molecule has 1 saturated heterocycles. The lowest BCUT2D eigenvalue weighted by atomic mass is 9.63. The fourth-order valence-corrected chi connectivity index (χ4v) is 6.83. The maximum Gasteiger partial charge on any atom is 0.288 e. The molecule has 1 aliphatic carbocycles. The summed E-state index contributed by atoms with van der Waals surface area (Å²) in [6.45, 7) is 6.63. The van der Waals surface area contributed by atoms with Crippen molar-refractivity contribution in [1.29, 1.82) is 0 Å². The van der Waals surface area contributed by atoms with Gasteiger partial charge < -0.3 is 14.8 Å². The molecule has 2 fully saturated rings. The third kappa shape index (κ3) is 7.33. The Hall–Kier alpha value is -3.57. The van der Waals surface area contributed by atoms with Crippen molar-refractivity contribution < 1.29 is 27.8 Å². The van der Waals surface area contributed by atoms with E-state index >= 15 is 0 Å². The third-order valence-electron chi connectivity index (χ3n) is 7.53. The minimum atomic E-state index is -2.52. The van der Waals surface area contributed by atoms with Gasteiger partial charge in [-0.05, 0) is 67.6 Å². The summed E-state index contributed by atoms with van der Waals surface area (Å²) >= 11 is 1.71. The Labute approximate surface area is 258 Å². The number of amidine groups is 1. The van der Waals surface area contributed by atoms with Crippen molar-refractivity contribution in [2.75, 3.05) is 11.9 Å². The van der Waals surface area contributed by atoms with Gasteiger partial charge in [0.1, 0.15) is 22.9 Å². The van der Waals surface area contributed by atoms with Crippen molar-refractivity contribution in [2.45, 2.75) is 61.7 Å². The van der Waals surface area contributed by atoms with Gasteiger partial charge in [0.15, 0.2) is 5.17 Å². The maximum absolute atomic E-state index is 13.9. The molecule has 1 aliphatic heterocycles. The molecule has 5 rings (SSSR count). The van der Waals surface area contributed by atoms with Gasteiger partial charge in [-0.15, -0.1) is 0 Å². The molecule has 3 aromatic carbocycles. The predicted octanol–water partition coefficient (Wildman–Crippen LogP) is 7.61. The molecule has 43 heavy (non-hydrogen) atoms. The normalized spacial score (nSPS) is 22.0. The Kier molecular flexibility index (Phi) is 9.61. The lowest BCUT2D eigenvalue weighted by Crippen LogP contribution is -2.64. The number of hydrogen-bond donors (Lipinski definition) is 1. The minimum absolute atomic E-state index is 0.0626. The molecule has 3 atom stereocenters. The van der Waals surface area contributed by atoms with Gasteiger partial charge in [-0.3, -0.25) is 14.5 Å². The number of thioether (sulfide) groups is 2. The number of amides is 2. The zero-order valence-corrected chi connectivity index (χ0v) is 25.7. The molecular formula is C32H33F2N3O4S2. The third-order valence-corrected chi connectivity index (χ3v) is 9.41. The first-order valence-corrected chi connectivity index (χ1v) is 15.8. The molecule has 0 radical (unpaired) electrons. The summed E-state index contributed by atoms with van der Waals surface area (Å²) in [5, 5.41) is 2.65. The fraction of sp³-hybridized carbons (Fsp3) is 0.344. The quantitative estimate of drug-likeness (QED) is 0.221. The second-order valence-corrected chi connectivity index (χ2v) is 13.0. The topological polar surface area (TPSA) is 80.2 Å². The number of carbonyl (C=O) groups is 2. The van der Waals surface area contributed by atoms with E-state index in [2.05, 4.69) is 19.2 Å². The number of anilines is 1. The Balaban J connectivity index is 1.33. The van der Waals surface area contributed by atoms with Crippen LogP contribution in [0, 0.1) is 5.41 Å². The molecule has 3 aromatic rings. The van der Waals surface area contributed by atoms with E-state index in [0.29, 0.717) is 46.2 Å². The van der Waals surface area contributed by atoms with Crippen LogP contribution in [-0.4, -0.2) is 51.6 Å². The fourth-order valence-electron chi connectivity index (χ4n) is 5.14. The standard InChI is InChI=1S/C32H33F2N3O4S2/c1-4-40-22-14-10-21(11-15-22)36-31-37(26-19-27(32(26,2)3)41-23-8-6-5-7-9-23)29(39)25(43-31)18-28(38)35-20-12-16-24(17-13-20)42-30(33)34/h5-17,25-27,30H,4,18-19H2,1-3H3,(H,35,38)/t25?,26-,27+/m1/s1. The van der Waals surface area contributed by atoms with Crippen LogP contribution < -0.4 is 14.8 Å². The number of rotatable bonds is 11. The molecule has 1 saturated carbocycles. The van der Waals surface area contributed by atoms with E-state index in [1.807, 2.05) is 61.5 Å². The van der Waals surface area contributed by atoms with Gasteiger partial charge in [0.2, 0.25) is 11.8 Å². The first kappa shape index (κ1) is 30.9. The molecule has 11 heteroatoms. The summed E-state index contributed by atoms with van der Waals surface area (Å²) in [4.78, 5) is 33.8. The van der Waals surface area contributed by atoms with Crippen LogP contribution >= 0.6 is 23.5 Å². The van der Waals surface area contributed by atoms with Crippen molar-refractivity contribution in [3.05, 3.63) is 78.9 Å². The number of hydrogen-bond acceptors (Lipinski definition) is 7. The Morgan fingerprint density at radius 1 is 1.07 bits per heavy atom. The molecule has 7 nitrogen and oxygen atoms in total. The highest BCUT2D eigenvalue weighted by Crippen LogP contribution is 2.49. The second kappa shape index (κ2) is 13.4. The van der Waals surface area contributed by atoms with E-state index in [9.17, 15) is 18.4 Å². The molecule has 0 spiro atoms. The first-order valence-electron chi connectivity index (χ1n) is 14.0. The van der Waals surface area contributed by atoms with E-state index in [1.165, 1.54) is 23.9 Å². The highest BCUT2D eigenvalue weighted by atomic mass is 32.2. The summed E-state index contributed by atoms with van der Waals surface area (Å²) in [6, 6.07) is 23.0. The maximum atomic E-state index is 13.9. The lowest BCUT2D eigenvalue weighted by Gasteiger charge is -2.54. The number of ether oxygens (including phenoxy) is 2. The van der Waals surface area contributed by atoms with Crippen molar-refractivity contribution in [2.24, 2.45) is 10.4 Å². The number of carbonyl (C=O) groups excluding carboxylic acids is 2. The van der Waals surface area contributed by atoms with Crippen LogP contribution in [0.4, 0.5) is 20.2 Å². The zero-order chi connectivity index (χ0) is 30.6. The molecule has 2 amide bonds. The highest BCUT2D eigenvalue weighted by molar-refractivity contribution is 8.15. The van der Waals surface area contributed by atoms with Crippen LogP contribution in [0.25, 0.3) is 0 Å². The first-order chi connectivity index (χ1) is 20.6. The molecular weight excluding hydrogens is 592 g/mol. The van der Waals surface area contributed by atoms with Crippen LogP contribution in [0.5, 0.6) is 11.5 Å². The Bertz CT molecular complexity index is 1450. The average Bonchev–Trinajstić information content (AvgIpc) is 3.26. The molecule has 0 aromatic heterocycles. The van der Waals surface area contributed by atoms with Crippen molar-refractivity contribution in [1.82, 2.24) is 4.90 Å². The molecule has 2 aliphatic rings. The van der Waals surface area contributed by atoms with Crippen LogP contribution in [0.15, 0.2) is 88.8 Å². The van der Waals surface area contributed by atoms with Gasteiger partial charge in [-0.1, -0.05) is 55.6 Å². The van der Waals surface area contributed by atoms with E-state index < -0.39 is 11.0 Å². The van der Waals surface area contributed by atoms with Gasteiger partial charge in [0, 0.05) is 28.8 Å². The van der Waals surface area contributed by atoms with E-state index in [-0.39, 0.29) is 35.8 Å². The van der Waals surface area contributed by atoms with Crippen LogP contribution in [-0.2, 0) is 9.59 Å². The van der Waals surface area contributed by atoms with Crippen molar-refractivity contribution in [3.8, 4) is 11.5 Å². The number of benzene rings is 3. The number of nitrogens with zero attached hydrogens (tertiary/aromatic N) is 2. The summed E-state index contributed by atoms with van der Waals surface area (Å²) in [7, 11) is 0. The van der Waals surface area contributed by atoms with E-state index in [4.69, 9.17) is 14.5 Å². The summed E-state index contributed by atoms with van der Waals surface area (Å²) in [5.41, 5.74) is 0.769. The van der Waals surface area contributed by atoms with Crippen molar-refractivity contribution in [3.63, 3.8) is 0 Å². The summed E-state index contributed by atoms with van der Waals surface area (Å²) in [6.07, 6.45) is 0.462. The smallest absolute Gasteiger partial charge is 0.288 e. The number of nitrogens with one attached hydrogen (secondary N) is 1. The van der Waals surface area contributed by atoms with Gasteiger partial charge in [-0.2, -0.15) is 8.78 Å². The molecule has 1 N–H and O–H groups in total. The number of para-hydroxylation sites is 1. The number of halogens is 2. The average molecular weight is 626 g/mol. The van der Waals surface area contributed by atoms with E-state index in [0.717, 1.165) is 11.5 Å². The Morgan fingerprint density at radius 2 is 1.77 bits per heavy atom. The largest absolute Gasteiger partial charge is 0.494 e. The van der Waals surface area contributed by atoms with Gasteiger partial charge in [0.05, 0.1) is 18.3 Å². The van der Waals surface area contributed by atoms with Gasteiger partial charge in [0.25, 0.3) is 5.76 Å². The summed E-state index contributed by atoms with van der Waals surface area (Å²) < 4.78 is 37.1. The molecule has 226 valence electrons. The monoisotopic (exact) mass is 625 g/mol. The van der Waals surface area contributed by atoms with Crippen LogP contribution in [0.3, 0.4) is 0 Å². The van der Waals surface area contributed by atoms with Crippen LogP contribution in [0.1, 0.15) is 33.6 Å². The Morgan fingerprint density at radius 3 is 2.40 bits per heavy atom.